The molecule has 2 aromatic heterocycles. The summed E-state index contributed by atoms with van der Waals surface area (Å²) >= 11 is 0. The standard InChI is InChI=1S/C24H22N6O2/c31-23(26-13-17-7-3-1-4-8-17)20-15-29-11-12-30(24(32)19-14-25-16-27-19)21(22(29)28-20)18-9-5-2-6-10-18/h1-10,14-16,21H,11-13H2,(H,25,27)(H,26,31). The maximum absolute atomic E-state index is 13.2. The van der Waals surface area contributed by atoms with Crippen LogP contribution in [0.2, 0.25) is 0 Å². The Hall–Kier alpha value is -4.20. The van der Waals surface area contributed by atoms with Crippen LogP contribution >= 0.6 is 0 Å². The molecule has 0 saturated carbocycles. The Morgan fingerprint density at radius 2 is 1.78 bits per heavy atom. The lowest BCUT2D eigenvalue weighted by Crippen LogP contribution is -2.42. The van der Waals surface area contributed by atoms with E-state index in [-0.39, 0.29) is 11.8 Å². The van der Waals surface area contributed by atoms with Gasteiger partial charge in [-0.15, -0.1) is 0 Å². The molecule has 2 N–H and O–H groups in total. The maximum atomic E-state index is 13.2. The number of hydrogen-bond acceptors (Lipinski definition) is 4. The van der Waals surface area contributed by atoms with Gasteiger partial charge in [-0.05, 0) is 11.1 Å². The Bertz CT molecular complexity index is 1220. The number of carbonyl (C=O) groups excluding carboxylic acids is 2. The molecule has 0 spiro atoms. The number of nitrogens with one attached hydrogen (secondary N) is 2. The van der Waals surface area contributed by atoms with Gasteiger partial charge >= 0.3 is 0 Å². The predicted molar refractivity (Wildman–Crippen MR) is 118 cm³/mol. The zero-order valence-electron chi connectivity index (χ0n) is 17.3. The zero-order chi connectivity index (χ0) is 21.9. The summed E-state index contributed by atoms with van der Waals surface area (Å²) in [5.74, 6) is 0.273. The van der Waals surface area contributed by atoms with E-state index in [1.165, 1.54) is 12.5 Å². The van der Waals surface area contributed by atoms with Crippen molar-refractivity contribution in [2.45, 2.75) is 19.1 Å². The first-order chi connectivity index (χ1) is 15.7. The van der Waals surface area contributed by atoms with Crippen LogP contribution in [-0.4, -0.2) is 42.8 Å². The van der Waals surface area contributed by atoms with Crippen molar-refractivity contribution in [1.82, 2.24) is 29.7 Å². The number of imidazole rings is 2. The van der Waals surface area contributed by atoms with Crippen molar-refractivity contribution in [3.8, 4) is 0 Å². The van der Waals surface area contributed by atoms with Gasteiger partial charge in [0.15, 0.2) is 0 Å². The normalized spacial score (nSPS) is 15.2. The molecule has 0 bridgehead atoms. The van der Waals surface area contributed by atoms with Crippen molar-refractivity contribution < 1.29 is 9.59 Å². The first kappa shape index (κ1) is 19.7. The molecule has 5 rings (SSSR count). The van der Waals surface area contributed by atoms with E-state index in [9.17, 15) is 9.59 Å². The number of benzene rings is 2. The van der Waals surface area contributed by atoms with Crippen LogP contribution in [0.3, 0.4) is 0 Å². The van der Waals surface area contributed by atoms with Gasteiger partial charge in [0.25, 0.3) is 11.8 Å². The molecular weight excluding hydrogens is 404 g/mol. The lowest BCUT2D eigenvalue weighted by atomic mass is 10.0. The van der Waals surface area contributed by atoms with Crippen LogP contribution in [0.15, 0.2) is 79.4 Å². The van der Waals surface area contributed by atoms with Crippen LogP contribution in [-0.2, 0) is 13.1 Å². The highest BCUT2D eigenvalue weighted by molar-refractivity contribution is 5.93. The second kappa shape index (κ2) is 8.50. The number of carbonyl (C=O) groups is 2. The van der Waals surface area contributed by atoms with Crippen LogP contribution in [0.5, 0.6) is 0 Å². The van der Waals surface area contributed by atoms with Crippen molar-refractivity contribution in [2.75, 3.05) is 6.54 Å². The number of hydrogen-bond donors (Lipinski definition) is 2. The summed E-state index contributed by atoms with van der Waals surface area (Å²) in [5.41, 5.74) is 2.71. The molecule has 1 atom stereocenters. The molecule has 1 aliphatic rings. The smallest absolute Gasteiger partial charge is 0.272 e. The average molecular weight is 426 g/mol. The monoisotopic (exact) mass is 426 g/mol. The number of aromatic amines is 1. The summed E-state index contributed by atoms with van der Waals surface area (Å²) in [7, 11) is 0. The van der Waals surface area contributed by atoms with E-state index >= 15 is 0 Å². The van der Waals surface area contributed by atoms with E-state index in [2.05, 4.69) is 20.3 Å². The number of H-pyrrole nitrogens is 1. The Morgan fingerprint density at radius 3 is 2.50 bits per heavy atom. The molecule has 1 aliphatic heterocycles. The van der Waals surface area contributed by atoms with Crippen LogP contribution in [0.25, 0.3) is 0 Å². The molecule has 3 heterocycles. The van der Waals surface area contributed by atoms with Crippen LogP contribution in [0, 0.1) is 0 Å². The topological polar surface area (TPSA) is 95.9 Å². The molecule has 0 radical (unpaired) electrons. The van der Waals surface area contributed by atoms with E-state index in [0.29, 0.717) is 36.8 Å². The fourth-order valence-electron chi connectivity index (χ4n) is 4.00. The minimum absolute atomic E-state index is 0.152. The summed E-state index contributed by atoms with van der Waals surface area (Å²) < 4.78 is 1.96. The van der Waals surface area contributed by atoms with E-state index in [0.717, 1.165) is 11.1 Å². The van der Waals surface area contributed by atoms with E-state index in [1.54, 1.807) is 11.1 Å². The molecule has 2 amide bonds. The first-order valence-electron chi connectivity index (χ1n) is 10.4. The minimum Gasteiger partial charge on any atom is -0.347 e. The SMILES string of the molecule is O=C(NCc1ccccc1)c1cn2c(n1)C(c1ccccc1)N(C(=O)c1cnc[nH]1)CC2. The van der Waals surface area contributed by atoms with Crippen LogP contribution < -0.4 is 5.32 Å². The molecule has 1 unspecified atom stereocenters. The summed E-state index contributed by atoms with van der Waals surface area (Å²) in [6.07, 6.45) is 4.78. The van der Waals surface area contributed by atoms with Gasteiger partial charge in [0, 0.05) is 25.8 Å². The zero-order valence-corrected chi connectivity index (χ0v) is 17.3. The van der Waals surface area contributed by atoms with Gasteiger partial charge in [0.05, 0.1) is 12.5 Å². The molecule has 2 aromatic carbocycles. The molecule has 4 aromatic rings. The molecule has 0 aliphatic carbocycles. The van der Waals surface area contributed by atoms with Crippen molar-refractivity contribution in [1.29, 1.82) is 0 Å². The van der Waals surface area contributed by atoms with Crippen molar-refractivity contribution in [3.05, 3.63) is 108 Å². The third kappa shape index (κ3) is 3.78. The Balaban J connectivity index is 1.45. The third-order valence-corrected chi connectivity index (χ3v) is 5.58. The van der Waals surface area contributed by atoms with Gasteiger partial charge in [0.2, 0.25) is 0 Å². The number of nitrogens with zero attached hydrogens (tertiary/aromatic N) is 4. The van der Waals surface area contributed by atoms with Crippen LogP contribution in [0.4, 0.5) is 0 Å². The third-order valence-electron chi connectivity index (χ3n) is 5.58. The molecule has 8 heteroatoms. The number of fused-ring (bicyclic) bond motifs is 1. The number of rotatable bonds is 5. The molecule has 0 saturated heterocycles. The summed E-state index contributed by atoms with van der Waals surface area (Å²) in [6.45, 7) is 1.47. The Morgan fingerprint density at radius 1 is 1.03 bits per heavy atom. The van der Waals surface area contributed by atoms with Crippen molar-refractivity contribution in [3.63, 3.8) is 0 Å². The molecule has 160 valence electrons. The summed E-state index contributed by atoms with van der Waals surface area (Å²) in [4.78, 5) is 39.3. The van der Waals surface area contributed by atoms with Gasteiger partial charge in [-0.2, -0.15) is 0 Å². The van der Waals surface area contributed by atoms with Gasteiger partial charge < -0.3 is 19.8 Å². The molecule has 0 fully saturated rings. The van der Waals surface area contributed by atoms with Gasteiger partial charge in [-0.1, -0.05) is 60.7 Å². The largest absolute Gasteiger partial charge is 0.347 e. The van der Waals surface area contributed by atoms with Gasteiger partial charge in [-0.25, -0.2) is 9.97 Å². The number of amides is 2. The van der Waals surface area contributed by atoms with E-state index in [1.807, 2.05) is 65.2 Å². The quantitative estimate of drug-likeness (QED) is 0.513. The average Bonchev–Trinajstić information content (AvgIpc) is 3.53. The predicted octanol–water partition coefficient (Wildman–Crippen LogP) is 2.78. The van der Waals surface area contributed by atoms with Gasteiger partial charge in [-0.3, -0.25) is 9.59 Å². The Kier molecular flexibility index (Phi) is 5.25. The van der Waals surface area contributed by atoms with E-state index in [4.69, 9.17) is 0 Å². The molecule has 32 heavy (non-hydrogen) atoms. The lowest BCUT2D eigenvalue weighted by Gasteiger charge is -2.36. The molecule has 8 nitrogen and oxygen atoms in total. The maximum Gasteiger partial charge on any atom is 0.272 e. The van der Waals surface area contributed by atoms with E-state index < -0.39 is 6.04 Å². The second-order valence-corrected chi connectivity index (χ2v) is 7.62. The fourth-order valence-corrected chi connectivity index (χ4v) is 4.00. The highest BCUT2D eigenvalue weighted by atomic mass is 16.2. The van der Waals surface area contributed by atoms with Crippen LogP contribution in [0.1, 0.15) is 44.0 Å². The molecular formula is C24H22N6O2. The Labute approximate surface area is 184 Å². The second-order valence-electron chi connectivity index (χ2n) is 7.62. The summed E-state index contributed by atoms with van der Waals surface area (Å²) in [5, 5.41) is 2.93. The fraction of sp³-hybridized carbons (Fsp3) is 0.167. The first-order valence-corrected chi connectivity index (χ1v) is 10.4. The summed E-state index contributed by atoms with van der Waals surface area (Å²) in [6, 6.07) is 19.1. The number of aromatic nitrogens is 4. The van der Waals surface area contributed by atoms with Crippen molar-refractivity contribution >= 4 is 11.8 Å². The lowest BCUT2D eigenvalue weighted by molar-refractivity contribution is 0.0653. The highest BCUT2D eigenvalue weighted by Gasteiger charge is 2.35. The minimum atomic E-state index is -0.406. The van der Waals surface area contributed by atoms with Crippen molar-refractivity contribution in [2.24, 2.45) is 0 Å². The highest BCUT2D eigenvalue weighted by Crippen LogP contribution is 2.32. The van der Waals surface area contributed by atoms with Gasteiger partial charge in [0.1, 0.15) is 23.3 Å².